The maximum absolute atomic E-state index is 14.1. The Balaban J connectivity index is 1.30. The number of aromatic nitrogens is 3. The van der Waals surface area contributed by atoms with Gasteiger partial charge in [0.2, 0.25) is 17.7 Å². The Morgan fingerprint density at radius 2 is 1.68 bits per heavy atom. The lowest BCUT2D eigenvalue weighted by Crippen LogP contribution is -2.63. The van der Waals surface area contributed by atoms with Crippen molar-refractivity contribution in [3.63, 3.8) is 0 Å². The lowest BCUT2D eigenvalue weighted by molar-refractivity contribution is -0.139. The molecule has 0 bridgehead atoms. The molecule has 2 fully saturated rings. The van der Waals surface area contributed by atoms with E-state index in [0.717, 1.165) is 53.6 Å². The monoisotopic (exact) mass is 837 g/mol. The Morgan fingerprint density at radius 3 is 2.37 bits per heavy atom. The molecular weight excluding hydrogens is 779 g/mol. The highest BCUT2D eigenvalue weighted by Gasteiger charge is 2.39. The van der Waals surface area contributed by atoms with Gasteiger partial charge in [-0.15, -0.1) is 0 Å². The zero-order chi connectivity index (χ0) is 43.7. The van der Waals surface area contributed by atoms with E-state index in [-0.39, 0.29) is 31.7 Å². The number of urea groups is 1. The molecule has 1 saturated carbocycles. The first-order valence-electron chi connectivity index (χ1n) is 20.6. The van der Waals surface area contributed by atoms with E-state index in [2.05, 4.69) is 31.2 Å². The van der Waals surface area contributed by atoms with Crippen molar-refractivity contribution in [3.8, 4) is 0 Å². The molecule has 1 aliphatic heterocycles. The second-order valence-electron chi connectivity index (χ2n) is 16.5. The predicted octanol–water partition coefficient (Wildman–Crippen LogP) is 0.822. The number of hydrogen-bond acceptors (Lipinski definition) is 10. The van der Waals surface area contributed by atoms with Gasteiger partial charge in [-0.05, 0) is 43.2 Å². The standard InChI is InChI=1S/C41H59N9O10/c1-22(2)16-30(45-40(58)46-31(39(56)57)18-25-20-43-29-13-9-8-12-27(25)29)35(53)48-34(23(3)49(4)37(55)28(42)17-24-10-6-5-7-11-24)36(54)44-21-26-19-32(51)38(60-26)50-15-14-33(52)47-41(50)59/h8-9,12-15,20,22-24,26,28,30-32,34,38,43,51H,5-7,10-11,16-19,21,42H2,1-4H3,(H,44,54)(H,48,53)(H,56,57)(H2,45,46,58)(H,47,52,59)/t23-,26+,28-,30-,31-,32+,34-,38+/m0/s1. The number of rotatable bonds is 18. The summed E-state index contributed by atoms with van der Waals surface area (Å²) in [6.45, 7) is 5.08. The van der Waals surface area contributed by atoms with E-state index < -0.39 is 89.6 Å². The summed E-state index contributed by atoms with van der Waals surface area (Å²) < 4.78 is 6.92. The number of carbonyl (C=O) groups excluding carboxylic acids is 4. The molecule has 8 atom stereocenters. The van der Waals surface area contributed by atoms with E-state index in [9.17, 15) is 43.8 Å². The van der Waals surface area contributed by atoms with E-state index in [4.69, 9.17) is 10.5 Å². The number of carboxylic acids is 1. The fourth-order valence-electron chi connectivity index (χ4n) is 8.07. The number of ether oxygens (including phenoxy) is 1. The summed E-state index contributed by atoms with van der Waals surface area (Å²) >= 11 is 0. The van der Waals surface area contributed by atoms with Crippen LogP contribution in [-0.4, -0.2) is 115 Å². The number of likely N-dealkylation sites (N-methyl/N-ethyl adjacent to an activating group) is 1. The molecule has 2 aromatic heterocycles. The highest BCUT2D eigenvalue weighted by atomic mass is 16.5. The summed E-state index contributed by atoms with van der Waals surface area (Å²) in [4.78, 5) is 98.0. The largest absolute Gasteiger partial charge is 0.480 e. The van der Waals surface area contributed by atoms with Gasteiger partial charge in [0.15, 0.2) is 6.23 Å². The molecule has 3 heterocycles. The molecule has 0 unspecified atom stereocenters. The zero-order valence-corrected chi connectivity index (χ0v) is 34.5. The van der Waals surface area contributed by atoms with Gasteiger partial charge in [-0.25, -0.2) is 14.4 Å². The van der Waals surface area contributed by atoms with E-state index in [1.54, 1.807) is 13.1 Å². The van der Waals surface area contributed by atoms with Crippen LogP contribution in [-0.2, 0) is 30.3 Å². The molecule has 19 nitrogen and oxygen atoms in total. The highest BCUT2D eigenvalue weighted by molar-refractivity contribution is 5.93. The minimum Gasteiger partial charge on any atom is -0.480 e. The summed E-state index contributed by atoms with van der Waals surface area (Å²) in [6.07, 6.45) is 5.60. The van der Waals surface area contributed by atoms with Crippen LogP contribution in [0.4, 0.5) is 4.79 Å². The van der Waals surface area contributed by atoms with Crippen LogP contribution >= 0.6 is 0 Å². The van der Waals surface area contributed by atoms with Crippen molar-refractivity contribution < 1.29 is 38.9 Å². The second-order valence-corrected chi connectivity index (χ2v) is 16.5. The van der Waals surface area contributed by atoms with Crippen molar-refractivity contribution in [2.45, 2.75) is 127 Å². The molecule has 328 valence electrons. The van der Waals surface area contributed by atoms with Crippen molar-refractivity contribution in [3.05, 3.63) is 69.1 Å². The van der Waals surface area contributed by atoms with Crippen molar-refractivity contribution >= 4 is 40.6 Å². The van der Waals surface area contributed by atoms with E-state index >= 15 is 0 Å². The van der Waals surface area contributed by atoms with Crippen LogP contribution in [0, 0.1) is 11.8 Å². The smallest absolute Gasteiger partial charge is 0.330 e. The topological polar surface area (TPSA) is 283 Å². The van der Waals surface area contributed by atoms with Gasteiger partial charge in [-0.1, -0.05) is 64.2 Å². The number of para-hydroxylation sites is 1. The van der Waals surface area contributed by atoms with Crippen LogP contribution in [0.1, 0.15) is 83.9 Å². The van der Waals surface area contributed by atoms with Gasteiger partial charge in [0.25, 0.3) is 5.56 Å². The normalized spacial score (nSPS) is 20.8. The zero-order valence-electron chi connectivity index (χ0n) is 34.5. The maximum Gasteiger partial charge on any atom is 0.330 e. The second kappa shape index (κ2) is 20.6. The lowest BCUT2D eigenvalue weighted by atomic mass is 9.84. The van der Waals surface area contributed by atoms with Crippen LogP contribution in [0.25, 0.3) is 10.9 Å². The molecule has 1 saturated heterocycles. The SMILES string of the molecule is CC(C)C[C@H](NC(=O)N[C@@H](Cc1c[nH]c2ccccc12)C(=O)O)C(=O)N[C@H](C(=O)NC[C@H]1C[C@@H](O)[C@H](n2ccc(=O)[nH]c2=O)O1)[C@H](C)N(C)C(=O)[C@@H](N)CC1CCCCC1. The molecule has 5 amide bonds. The van der Waals surface area contributed by atoms with Crippen molar-refractivity contribution in [1.82, 2.24) is 40.7 Å². The van der Waals surface area contributed by atoms with E-state index in [1.165, 1.54) is 18.1 Å². The number of fused-ring (bicyclic) bond motifs is 1. The van der Waals surface area contributed by atoms with Crippen molar-refractivity contribution in [2.75, 3.05) is 13.6 Å². The van der Waals surface area contributed by atoms with Crippen molar-refractivity contribution in [1.29, 1.82) is 0 Å². The van der Waals surface area contributed by atoms with Gasteiger partial charge in [0.05, 0.1) is 18.2 Å². The average Bonchev–Trinajstić information content (AvgIpc) is 3.79. The number of nitrogens with two attached hydrogens (primary N) is 1. The predicted molar refractivity (Wildman–Crippen MR) is 221 cm³/mol. The molecule has 0 spiro atoms. The fourth-order valence-corrected chi connectivity index (χ4v) is 8.07. The number of aromatic amines is 2. The van der Waals surface area contributed by atoms with Crippen LogP contribution in [0.2, 0.25) is 0 Å². The Labute approximate surface area is 347 Å². The molecule has 10 N–H and O–H groups in total. The molecule has 19 heteroatoms. The quantitative estimate of drug-likeness (QED) is 0.0865. The van der Waals surface area contributed by atoms with Crippen molar-refractivity contribution in [2.24, 2.45) is 17.6 Å². The van der Waals surface area contributed by atoms with Gasteiger partial charge in [0, 0.05) is 55.8 Å². The highest BCUT2D eigenvalue weighted by Crippen LogP contribution is 2.29. The van der Waals surface area contributed by atoms with Gasteiger partial charge in [-0.3, -0.25) is 28.7 Å². The molecule has 1 aliphatic carbocycles. The number of carbonyl (C=O) groups is 5. The lowest BCUT2D eigenvalue weighted by Gasteiger charge is -2.35. The summed E-state index contributed by atoms with van der Waals surface area (Å²) in [5.41, 5.74) is 6.50. The van der Waals surface area contributed by atoms with Crippen LogP contribution in [0.15, 0.2) is 52.3 Å². The molecule has 3 aromatic rings. The number of benzene rings is 1. The van der Waals surface area contributed by atoms with Crippen LogP contribution in [0.5, 0.6) is 0 Å². The maximum atomic E-state index is 14.1. The van der Waals surface area contributed by atoms with Gasteiger partial charge in [0.1, 0.15) is 24.2 Å². The summed E-state index contributed by atoms with van der Waals surface area (Å²) in [5, 5.41) is 32.1. The van der Waals surface area contributed by atoms with E-state index in [0.29, 0.717) is 17.9 Å². The third-order valence-corrected chi connectivity index (χ3v) is 11.5. The fraction of sp³-hybridized carbons (Fsp3) is 0.585. The van der Waals surface area contributed by atoms with Crippen LogP contribution in [0.3, 0.4) is 0 Å². The number of H-pyrrole nitrogens is 2. The third kappa shape index (κ3) is 11.8. The number of carboxylic acid groups (broad SMARTS) is 1. The molecular formula is C41H59N9O10. The molecule has 5 rings (SSSR count). The minimum atomic E-state index is -1.38. The number of aliphatic hydroxyl groups is 1. The number of hydrogen-bond donors (Lipinski definition) is 9. The first kappa shape index (κ1) is 45.6. The summed E-state index contributed by atoms with van der Waals surface area (Å²) in [6, 6.07) is 1.79. The molecule has 1 aromatic carbocycles. The minimum absolute atomic E-state index is 0.0185. The summed E-state index contributed by atoms with van der Waals surface area (Å²) in [7, 11) is 1.50. The Morgan fingerprint density at radius 1 is 0.983 bits per heavy atom. The summed E-state index contributed by atoms with van der Waals surface area (Å²) in [5.74, 6) is -3.00. The molecule has 60 heavy (non-hydrogen) atoms. The Hall–Kier alpha value is -5.53. The number of aliphatic carboxylic acids is 1. The average molecular weight is 838 g/mol. The Bertz CT molecular complexity index is 2090. The number of amides is 5. The first-order valence-corrected chi connectivity index (χ1v) is 20.6. The van der Waals surface area contributed by atoms with Gasteiger partial charge >= 0.3 is 17.7 Å². The van der Waals surface area contributed by atoms with E-state index in [1.807, 2.05) is 38.1 Å². The molecule has 0 radical (unpaired) electrons. The number of aliphatic hydroxyl groups excluding tert-OH is 1. The first-order chi connectivity index (χ1) is 28.5. The number of nitrogens with zero attached hydrogens (tertiary/aromatic N) is 2. The Kier molecular flexibility index (Phi) is 15.7. The van der Waals surface area contributed by atoms with Crippen LogP contribution < -0.4 is 38.2 Å². The molecule has 2 aliphatic rings. The van der Waals surface area contributed by atoms with Gasteiger partial charge in [-0.2, -0.15) is 0 Å². The number of nitrogens with one attached hydrogen (secondary N) is 6. The third-order valence-electron chi connectivity index (χ3n) is 11.5. The van der Waals surface area contributed by atoms with Gasteiger partial charge < -0.3 is 51.8 Å².